The fourth-order valence-corrected chi connectivity index (χ4v) is 3.27. The minimum absolute atomic E-state index is 0.143. The van der Waals surface area contributed by atoms with Crippen molar-refractivity contribution in [1.29, 1.82) is 0 Å². The van der Waals surface area contributed by atoms with E-state index in [0.717, 1.165) is 12.0 Å². The molecule has 1 N–H and O–H groups in total. The van der Waals surface area contributed by atoms with Gasteiger partial charge in [-0.25, -0.2) is 12.7 Å². The Bertz CT molecular complexity index is 632. The summed E-state index contributed by atoms with van der Waals surface area (Å²) in [5.74, 6) is 0.274. The lowest BCUT2D eigenvalue weighted by molar-refractivity contribution is -0.121. The van der Waals surface area contributed by atoms with E-state index in [0.29, 0.717) is 30.5 Å². The van der Waals surface area contributed by atoms with E-state index < -0.39 is 10.0 Å². The number of amides is 1. The summed E-state index contributed by atoms with van der Waals surface area (Å²) in [6.45, 7) is 5.26. The second-order valence-corrected chi connectivity index (χ2v) is 8.74. The summed E-state index contributed by atoms with van der Waals surface area (Å²) in [6, 6.07) is 7.50. The summed E-state index contributed by atoms with van der Waals surface area (Å²) in [5.41, 5.74) is 1.05. The Hall–Kier alpha value is -1.11. The van der Waals surface area contributed by atoms with Gasteiger partial charge in [-0.2, -0.15) is 0 Å². The standard InChI is InChI=1S/C17H27ClN2O3S/c1-14(2)8-11-20(24(3,22)23)12-9-17(21)19-10-7-15-5-4-6-16(18)13-15/h4-6,13-14H,7-12H2,1-3H3,(H,19,21). The molecule has 0 aromatic heterocycles. The molecule has 0 aliphatic rings. The molecule has 0 atom stereocenters. The summed E-state index contributed by atoms with van der Waals surface area (Å²) >= 11 is 5.92. The van der Waals surface area contributed by atoms with Crippen LogP contribution in [0, 0.1) is 5.92 Å². The highest BCUT2D eigenvalue weighted by Crippen LogP contribution is 2.11. The second kappa shape index (κ2) is 10.0. The van der Waals surface area contributed by atoms with Gasteiger partial charge in [0.2, 0.25) is 15.9 Å². The van der Waals surface area contributed by atoms with Gasteiger partial charge in [0.05, 0.1) is 6.26 Å². The molecule has 1 aromatic carbocycles. The lowest BCUT2D eigenvalue weighted by Crippen LogP contribution is -2.36. The van der Waals surface area contributed by atoms with Gasteiger partial charge in [-0.3, -0.25) is 4.79 Å². The molecule has 0 bridgehead atoms. The van der Waals surface area contributed by atoms with Crippen molar-refractivity contribution in [3.63, 3.8) is 0 Å². The van der Waals surface area contributed by atoms with Crippen LogP contribution < -0.4 is 5.32 Å². The third-order valence-corrected chi connectivity index (χ3v) is 5.18. The lowest BCUT2D eigenvalue weighted by Gasteiger charge is -2.20. The van der Waals surface area contributed by atoms with E-state index in [1.807, 2.05) is 32.0 Å². The zero-order valence-electron chi connectivity index (χ0n) is 14.6. The average Bonchev–Trinajstić information content (AvgIpc) is 2.45. The highest BCUT2D eigenvalue weighted by atomic mass is 35.5. The molecule has 0 radical (unpaired) electrons. The van der Waals surface area contributed by atoms with Crippen LogP contribution in [0.4, 0.5) is 0 Å². The van der Waals surface area contributed by atoms with Gasteiger partial charge < -0.3 is 5.32 Å². The predicted octanol–water partition coefficient (Wildman–Crippen LogP) is 2.70. The first kappa shape index (κ1) is 20.9. The van der Waals surface area contributed by atoms with Crippen molar-refractivity contribution in [1.82, 2.24) is 9.62 Å². The highest BCUT2D eigenvalue weighted by Gasteiger charge is 2.17. The van der Waals surface area contributed by atoms with Gasteiger partial charge >= 0.3 is 0 Å². The minimum Gasteiger partial charge on any atom is -0.356 e. The van der Waals surface area contributed by atoms with Crippen LogP contribution in [0.1, 0.15) is 32.3 Å². The van der Waals surface area contributed by atoms with E-state index in [-0.39, 0.29) is 18.9 Å². The minimum atomic E-state index is -3.29. The van der Waals surface area contributed by atoms with Crippen LogP contribution in [-0.2, 0) is 21.2 Å². The van der Waals surface area contributed by atoms with Crippen LogP contribution >= 0.6 is 11.6 Å². The summed E-state index contributed by atoms with van der Waals surface area (Å²) < 4.78 is 24.9. The molecule has 136 valence electrons. The van der Waals surface area contributed by atoms with Crippen molar-refractivity contribution < 1.29 is 13.2 Å². The Labute approximate surface area is 150 Å². The summed E-state index contributed by atoms with van der Waals surface area (Å²) in [4.78, 5) is 11.9. The number of benzene rings is 1. The molecule has 5 nitrogen and oxygen atoms in total. The molecular weight excluding hydrogens is 348 g/mol. The molecule has 0 aliphatic heterocycles. The van der Waals surface area contributed by atoms with Crippen molar-refractivity contribution >= 4 is 27.5 Å². The molecule has 0 heterocycles. The van der Waals surface area contributed by atoms with Gasteiger partial charge in [0.25, 0.3) is 0 Å². The quantitative estimate of drug-likeness (QED) is 0.684. The number of nitrogens with one attached hydrogen (secondary N) is 1. The molecule has 7 heteroatoms. The Morgan fingerprint density at radius 2 is 2.00 bits per heavy atom. The highest BCUT2D eigenvalue weighted by molar-refractivity contribution is 7.88. The molecule has 0 aliphatic carbocycles. The van der Waals surface area contributed by atoms with Crippen LogP contribution in [0.5, 0.6) is 0 Å². The Morgan fingerprint density at radius 1 is 1.29 bits per heavy atom. The normalized spacial score (nSPS) is 11.9. The van der Waals surface area contributed by atoms with Crippen molar-refractivity contribution in [2.75, 3.05) is 25.9 Å². The smallest absolute Gasteiger partial charge is 0.221 e. The second-order valence-electron chi connectivity index (χ2n) is 6.32. The number of rotatable bonds is 10. The van der Waals surface area contributed by atoms with Gasteiger partial charge in [-0.15, -0.1) is 0 Å². The van der Waals surface area contributed by atoms with Crippen molar-refractivity contribution in [2.45, 2.75) is 33.1 Å². The van der Waals surface area contributed by atoms with Crippen LogP contribution in [0.25, 0.3) is 0 Å². The van der Waals surface area contributed by atoms with Crippen LogP contribution in [0.15, 0.2) is 24.3 Å². The largest absolute Gasteiger partial charge is 0.356 e. The SMILES string of the molecule is CC(C)CCN(CCC(=O)NCCc1cccc(Cl)c1)S(C)(=O)=O. The monoisotopic (exact) mass is 374 g/mol. The zero-order valence-corrected chi connectivity index (χ0v) is 16.2. The van der Waals surface area contributed by atoms with E-state index >= 15 is 0 Å². The number of nitrogens with zero attached hydrogens (tertiary/aromatic N) is 1. The Balaban J connectivity index is 2.37. The Kier molecular flexibility index (Phi) is 8.73. The van der Waals surface area contributed by atoms with Gasteiger partial charge in [0.1, 0.15) is 0 Å². The fourth-order valence-electron chi connectivity index (χ4n) is 2.20. The maximum Gasteiger partial charge on any atom is 0.221 e. The number of carbonyl (C=O) groups excluding carboxylic acids is 1. The molecule has 0 saturated carbocycles. The van der Waals surface area contributed by atoms with Gasteiger partial charge in [0, 0.05) is 31.1 Å². The average molecular weight is 375 g/mol. The van der Waals surface area contributed by atoms with Gasteiger partial charge in [-0.05, 0) is 36.5 Å². The zero-order chi connectivity index (χ0) is 18.2. The summed E-state index contributed by atoms with van der Waals surface area (Å²) in [6.07, 6.45) is 2.82. The van der Waals surface area contributed by atoms with Crippen molar-refractivity contribution in [3.8, 4) is 0 Å². The molecule has 0 saturated heterocycles. The molecule has 1 aromatic rings. The number of hydrogen-bond acceptors (Lipinski definition) is 3. The molecular formula is C17H27ClN2O3S. The maximum absolute atomic E-state index is 11.9. The fraction of sp³-hybridized carbons (Fsp3) is 0.588. The number of sulfonamides is 1. The third kappa shape index (κ3) is 8.66. The molecule has 1 amide bonds. The van der Waals surface area contributed by atoms with Crippen LogP contribution in [-0.4, -0.2) is 44.5 Å². The van der Waals surface area contributed by atoms with Crippen LogP contribution in [0.2, 0.25) is 5.02 Å². The van der Waals surface area contributed by atoms with Crippen LogP contribution in [0.3, 0.4) is 0 Å². The van der Waals surface area contributed by atoms with Crippen molar-refractivity contribution in [2.24, 2.45) is 5.92 Å². The van der Waals surface area contributed by atoms with Crippen molar-refractivity contribution in [3.05, 3.63) is 34.9 Å². The summed E-state index contributed by atoms with van der Waals surface area (Å²) in [5, 5.41) is 3.49. The predicted molar refractivity (Wildman–Crippen MR) is 98.7 cm³/mol. The van der Waals surface area contributed by atoms with E-state index in [2.05, 4.69) is 5.32 Å². The topological polar surface area (TPSA) is 66.5 Å². The van der Waals surface area contributed by atoms with E-state index in [9.17, 15) is 13.2 Å². The molecule has 1 rings (SSSR count). The maximum atomic E-state index is 11.9. The van der Waals surface area contributed by atoms with Gasteiger partial charge in [0.15, 0.2) is 0 Å². The van der Waals surface area contributed by atoms with E-state index in [4.69, 9.17) is 11.6 Å². The first-order chi connectivity index (χ1) is 11.2. The number of carbonyl (C=O) groups is 1. The molecule has 0 fully saturated rings. The van der Waals surface area contributed by atoms with Gasteiger partial charge in [-0.1, -0.05) is 37.6 Å². The Morgan fingerprint density at radius 3 is 2.58 bits per heavy atom. The number of hydrogen-bond donors (Lipinski definition) is 1. The molecule has 24 heavy (non-hydrogen) atoms. The van der Waals surface area contributed by atoms with E-state index in [1.165, 1.54) is 10.6 Å². The summed E-state index contributed by atoms with van der Waals surface area (Å²) in [7, 11) is -3.29. The first-order valence-electron chi connectivity index (χ1n) is 8.14. The third-order valence-electron chi connectivity index (χ3n) is 3.64. The first-order valence-corrected chi connectivity index (χ1v) is 10.4. The molecule has 0 spiro atoms. The number of halogens is 1. The van der Waals surface area contributed by atoms with E-state index in [1.54, 1.807) is 6.07 Å². The molecule has 0 unspecified atom stereocenters. The lowest BCUT2D eigenvalue weighted by atomic mass is 10.1.